The number of likely N-dealkylation sites (N-methyl/N-ethyl adjacent to an activating group) is 1. The molecule has 12 heavy (non-hydrogen) atoms. The van der Waals surface area contributed by atoms with Crippen molar-refractivity contribution in [3.63, 3.8) is 0 Å². The largest absolute Gasteiger partial charge is 0.508 e. The number of aromatic hydroxyl groups is 1. The van der Waals surface area contributed by atoms with Crippen LogP contribution in [0, 0.1) is 0 Å². The molecule has 1 aliphatic rings. The van der Waals surface area contributed by atoms with Crippen LogP contribution in [0.3, 0.4) is 0 Å². The van der Waals surface area contributed by atoms with Crippen LogP contribution in [0.4, 0.5) is 5.69 Å². The van der Waals surface area contributed by atoms with E-state index in [1.165, 1.54) is 11.3 Å². The molecule has 2 nitrogen and oxygen atoms in total. The topological polar surface area (TPSA) is 23.5 Å². The van der Waals surface area contributed by atoms with Crippen molar-refractivity contribution in [1.29, 1.82) is 0 Å². The Labute approximate surface area is 78.2 Å². The average molecular weight is 186 g/mol. The third kappa shape index (κ3) is 1.34. The molecular weight excluding hydrogens is 174 g/mol. The molecule has 0 radical (unpaired) electrons. The van der Waals surface area contributed by atoms with Crippen LogP contribution in [0.25, 0.3) is 0 Å². The highest BCUT2D eigenvalue weighted by Gasteiger charge is 2.14. The lowest BCUT2D eigenvalue weighted by Crippen LogP contribution is -2.12. The minimum Gasteiger partial charge on any atom is -0.508 e. The fourth-order valence-corrected chi connectivity index (χ4v) is 1.53. The Kier molecular flexibility index (Phi) is 2.48. The molecule has 1 aromatic carbocycles. The average Bonchev–Trinajstić information content (AvgIpc) is 2.33. The minimum absolute atomic E-state index is 0. The molecule has 0 bridgehead atoms. The molecule has 0 atom stereocenters. The highest BCUT2D eigenvalue weighted by molar-refractivity contribution is 5.85. The summed E-state index contributed by atoms with van der Waals surface area (Å²) in [5.41, 5.74) is 2.51. The molecule has 0 spiro atoms. The summed E-state index contributed by atoms with van der Waals surface area (Å²) in [6.07, 6.45) is 1.10. The van der Waals surface area contributed by atoms with Crippen LogP contribution in [-0.2, 0) is 6.42 Å². The summed E-state index contributed by atoms with van der Waals surface area (Å²) in [5, 5.41) is 9.19. The first-order valence-corrected chi connectivity index (χ1v) is 3.80. The van der Waals surface area contributed by atoms with E-state index in [9.17, 15) is 5.11 Å². The number of benzene rings is 1. The lowest BCUT2D eigenvalue weighted by molar-refractivity contribution is 0.475. The van der Waals surface area contributed by atoms with Crippen LogP contribution in [0.5, 0.6) is 5.75 Å². The molecule has 1 aromatic rings. The molecule has 0 saturated heterocycles. The molecular formula is C9H12ClNO. The summed E-state index contributed by atoms with van der Waals surface area (Å²) >= 11 is 0. The zero-order chi connectivity index (χ0) is 7.84. The summed E-state index contributed by atoms with van der Waals surface area (Å²) in [4.78, 5) is 2.16. The Balaban J connectivity index is 0.000000720. The van der Waals surface area contributed by atoms with Crippen LogP contribution in [0.15, 0.2) is 18.2 Å². The molecule has 0 saturated carbocycles. The van der Waals surface area contributed by atoms with E-state index in [4.69, 9.17) is 0 Å². The van der Waals surface area contributed by atoms with Crippen molar-refractivity contribution in [1.82, 2.24) is 0 Å². The van der Waals surface area contributed by atoms with Crippen LogP contribution in [-0.4, -0.2) is 18.7 Å². The second-order valence-corrected chi connectivity index (χ2v) is 2.98. The van der Waals surface area contributed by atoms with Gasteiger partial charge in [0, 0.05) is 25.3 Å². The van der Waals surface area contributed by atoms with Gasteiger partial charge in [0.2, 0.25) is 0 Å². The van der Waals surface area contributed by atoms with Crippen LogP contribution in [0.1, 0.15) is 5.56 Å². The molecule has 2 rings (SSSR count). The van der Waals surface area contributed by atoms with E-state index in [2.05, 4.69) is 4.90 Å². The fourth-order valence-electron chi connectivity index (χ4n) is 1.53. The van der Waals surface area contributed by atoms with Gasteiger partial charge < -0.3 is 10.0 Å². The van der Waals surface area contributed by atoms with Gasteiger partial charge in [-0.2, -0.15) is 0 Å². The van der Waals surface area contributed by atoms with Crippen LogP contribution in [0.2, 0.25) is 0 Å². The highest BCUT2D eigenvalue weighted by Crippen LogP contribution is 2.29. The molecule has 0 fully saturated rings. The first-order chi connectivity index (χ1) is 5.27. The van der Waals surface area contributed by atoms with Crippen molar-refractivity contribution >= 4 is 18.1 Å². The van der Waals surface area contributed by atoms with E-state index >= 15 is 0 Å². The molecule has 1 aliphatic heterocycles. The second kappa shape index (κ2) is 3.23. The number of phenolic OH excluding ortho intramolecular Hbond substituents is 1. The third-order valence-corrected chi connectivity index (χ3v) is 2.20. The van der Waals surface area contributed by atoms with Gasteiger partial charge in [-0.1, -0.05) is 6.07 Å². The van der Waals surface area contributed by atoms with Crippen molar-refractivity contribution in [2.24, 2.45) is 0 Å². The van der Waals surface area contributed by atoms with Gasteiger partial charge in [-0.3, -0.25) is 0 Å². The quantitative estimate of drug-likeness (QED) is 0.667. The third-order valence-electron chi connectivity index (χ3n) is 2.20. The molecule has 0 amide bonds. The number of phenols is 1. The van der Waals surface area contributed by atoms with Crippen molar-refractivity contribution < 1.29 is 5.11 Å². The summed E-state index contributed by atoms with van der Waals surface area (Å²) in [6, 6.07) is 5.56. The van der Waals surface area contributed by atoms with Gasteiger partial charge in [0.15, 0.2) is 0 Å². The first kappa shape index (κ1) is 9.20. The van der Waals surface area contributed by atoms with Gasteiger partial charge in [-0.25, -0.2) is 0 Å². The Morgan fingerprint density at radius 3 is 2.92 bits per heavy atom. The summed E-state index contributed by atoms with van der Waals surface area (Å²) in [5.74, 6) is 0.359. The van der Waals surface area contributed by atoms with Gasteiger partial charge in [0.05, 0.1) is 0 Å². The van der Waals surface area contributed by atoms with Crippen LogP contribution < -0.4 is 4.90 Å². The lowest BCUT2D eigenvalue weighted by atomic mass is 10.1. The Hall–Kier alpha value is -0.890. The predicted molar refractivity (Wildman–Crippen MR) is 52.3 cm³/mol. The molecule has 66 valence electrons. The van der Waals surface area contributed by atoms with Gasteiger partial charge in [0.1, 0.15) is 5.75 Å². The number of rotatable bonds is 0. The molecule has 1 heterocycles. The highest BCUT2D eigenvalue weighted by atomic mass is 35.5. The zero-order valence-electron chi connectivity index (χ0n) is 6.95. The summed E-state index contributed by atoms with van der Waals surface area (Å²) < 4.78 is 0. The molecule has 3 heteroatoms. The SMILES string of the molecule is CN1CCc2ccc(O)cc21.Cl. The number of hydrogen-bond donors (Lipinski definition) is 1. The number of halogens is 1. The van der Waals surface area contributed by atoms with Gasteiger partial charge in [-0.05, 0) is 18.1 Å². The van der Waals surface area contributed by atoms with E-state index in [0.717, 1.165) is 13.0 Å². The molecule has 1 N–H and O–H groups in total. The van der Waals surface area contributed by atoms with Crippen molar-refractivity contribution in [2.45, 2.75) is 6.42 Å². The maximum absolute atomic E-state index is 9.19. The van der Waals surface area contributed by atoms with E-state index in [0.29, 0.717) is 5.75 Å². The zero-order valence-corrected chi connectivity index (χ0v) is 7.77. The van der Waals surface area contributed by atoms with E-state index in [-0.39, 0.29) is 12.4 Å². The normalized spacial score (nSPS) is 13.9. The Morgan fingerprint density at radius 1 is 1.42 bits per heavy atom. The van der Waals surface area contributed by atoms with Crippen LogP contribution >= 0.6 is 12.4 Å². The first-order valence-electron chi connectivity index (χ1n) is 3.80. The van der Waals surface area contributed by atoms with Gasteiger partial charge >= 0.3 is 0 Å². The van der Waals surface area contributed by atoms with Gasteiger partial charge in [0.25, 0.3) is 0 Å². The monoisotopic (exact) mass is 185 g/mol. The summed E-state index contributed by atoms with van der Waals surface area (Å²) in [6.45, 7) is 1.07. The second-order valence-electron chi connectivity index (χ2n) is 2.98. The maximum Gasteiger partial charge on any atom is 0.117 e. The number of fused-ring (bicyclic) bond motifs is 1. The van der Waals surface area contributed by atoms with Crippen molar-refractivity contribution in [3.05, 3.63) is 23.8 Å². The van der Waals surface area contributed by atoms with Gasteiger partial charge in [-0.15, -0.1) is 12.4 Å². The Bertz CT molecular complexity index is 288. The summed E-state index contributed by atoms with van der Waals surface area (Å²) in [7, 11) is 2.05. The van der Waals surface area contributed by atoms with E-state index < -0.39 is 0 Å². The molecule has 0 unspecified atom stereocenters. The predicted octanol–water partition coefficient (Wildman–Crippen LogP) is 1.81. The molecule has 0 aliphatic carbocycles. The molecule has 0 aromatic heterocycles. The standard InChI is InChI=1S/C9H11NO.ClH/c1-10-5-4-7-2-3-8(11)6-9(7)10;/h2-3,6,11H,4-5H2,1H3;1H. The number of anilines is 1. The minimum atomic E-state index is 0. The Morgan fingerprint density at radius 2 is 2.17 bits per heavy atom. The van der Waals surface area contributed by atoms with Crippen molar-refractivity contribution in [3.8, 4) is 5.75 Å². The maximum atomic E-state index is 9.19. The smallest absolute Gasteiger partial charge is 0.117 e. The number of hydrogen-bond acceptors (Lipinski definition) is 2. The van der Waals surface area contributed by atoms with E-state index in [1.807, 2.05) is 19.2 Å². The van der Waals surface area contributed by atoms with E-state index in [1.54, 1.807) is 6.07 Å². The van der Waals surface area contributed by atoms with Crippen molar-refractivity contribution in [2.75, 3.05) is 18.5 Å². The number of nitrogens with zero attached hydrogens (tertiary/aromatic N) is 1. The lowest BCUT2D eigenvalue weighted by Gasteiger charge is -2.11. The fraction of sp³-hybridized carbons (Fsp3) is 0.333.